The summed E-state index contributed by atoms with van der Waals surface area (Å²) >= 11 is 1.37. The van der Waals surface area contributed by atoms with Gasteiger partial charge < -0.3 is 10.6 Å². The summed E-state index contributed by atoms with van der Waals surface area (Å²) in [6, 6.07) is 3.61. The van der Waals surface area contributed by atoms with Crippen molar-refractivity contribution >= 4 is 29.3 Å². The van der Waals surface area contributed by atoms with Crippen LogP contribution in [0.25, 0.3) is 0 Å². The van der Waals surface area contributed by atoms with E-state index in [1.165, 1.54) is 43.9 Å². The molecule has 2 N–H and O–H groups in total. The Morgan fingerprint density at radius 3 is 3.00 bits per heavy atom. The van der Waals surface area contributed by atoms with Gasteiger partial charge in [0.25, 0.3) is 0 Å². The molecule has 1 atom stereocenters. The van der Waals surface area contributed by atoms with Crippen LogP contribution in [0.2, 0.25) is 0 Å². The number of nitrogens with zero attached hydrogens (tertiary/aromatic N) is 1. The Labute approximate surface area is 134 Å². The molecule has 1 aliphatic carbocycles. The molecule has 6 heteroatoms. The second-order valence-electron chi connectivity index (χ2n) is 5.96. The number of aromatic nitrogens is 1. The van der Waals surface area contributed by atoms with Gasteiger partial charge in [-0.2, -0.15) is 0 Å². The van der Waals surface area contributed by atoms with E-state index in [1.807, 2.05) is 6.07 Å². The topological polar surface area (TPSA) is 71.1 Å². The number of hydrogen-bond acceptors (Lipinski definition) is 4. The number of carbonyl (C=O) groups excluding carboxylic acids is 2. The van der Waals surface area contributed by atoms with Crippen LogP contribution < -0.4 is 10.6 Å². The lowest BCUT2D eigenvalue weighted by Crippen LogP contribution is -2.37. The number of hydrogen-bond donors (Lipinski definition) is 2. The molecule has 1 unspecified atom stereocenters. The number of nitrogens with one attached hydrogen (secondary N) is 2. The minimum Gasteiger partial charge on any atom is -0.356 e. The van der Waals surface area contributed by atoms with E-state index >= 15 is 0 Å². The Morgan fingerprint density at radius 2 is 2.18 bits per heavy atom. The maximum Gasteiger partial charge on any atom is 0.238 e. The number of fused-ring (bicyclic) bond motifs is 1. The predicted molar refractivity (Wildman–Crippen MR) is 86.7 cm³/mol. The molecule has 2 heterocycles. The number of thioether (sulfide) groups is 1. The second kappa shape index (κ2) is 7.13. The summed E-state index contributed by atoms with van der Waals surface area (Å²) in [5.74, 6) is 0.448. The van der Waals surface area contributed by atoms with Gasteiger partial charge in [-0.15, -0.1) is 0 Å². The van der Waals surface area contributed by atoms with E-state index < -0.39 is 5.25 Å². The van der Waals surface area contributed by atoms with Gasteiger partial charge >= 0.3 is 0 Å². The Morgan fingerprint density at radius 1 is 1.36 bits per heavy atom. The number of anilines is 1. The third-order valence-electron chi connectivity index (χ3n) is 4.26. The van der Waals surface area contributed by atoms with Gasteiger partial charge in [0.1, 0.15) is 5.03 Å². The van der Waals surface area contributed by atoms with Crippen LogP contribution in [0.1, 0.15) is 38.5 Å². The first-order chi connectivity index (χ1) is 10.7. The van der Waals surface area contributed by atoms with Crippen LogP contribution in [0.15, 0.2) is 23.4 Å². The van der Waals surface area contributed by atoms with E-state index in [0.29, 0.717) is 5.92 Å². The predicted octanol–water partition coefficient (Wildman–Crippen LogP) is 2.58. The molecule has 0 radical (unpaired) electrons. The first-order valence-electron chi connectivity index (χ1n) is 7.91. The van der Waals surface area contributed by atoms with E-state index in [0.717, 1.165) is 17.3 Å². The average Bonchev–Trinajstić information content (AvgIpc) is 2.55. The fourth-order valence-corrected chi connectivity index (χ4v) is 4.04. The number of carbonyl (C=O) groups is 2. The lowest BCUT2D eigenvalue weighted by atomic mass is 9.89. The highest BCUT2D eigenvalue weighted by molar-refractivity contribution is 8.00. The van der Waals surface area contributed by atoms with Gasteiger partial charge in [-0.25, -0.2) is 4.98 Å². The first-order valence-corrected chi connectivity index (χ1v) is 8.79. The molecular weight excluding hydrogens is 298 g/mol. The van der Waals surface area contributed by atoms with Crippen LogP contribution in [-0.4, -0.2) is 28.6 Å². The van der Waals surface area contributed by atoms with Crippen molar-refractivity contribution in [2.45, 2.75) is 48.8 Å². The van der Waals surface area contributed by atoms with Gasteiger partial charge in [0.2, 0.25) is 11.8 Å². The summed E-state index contributed by atoms with van der Waals surface area (Å²) in [5.41, 5.74) is 0.733. The Hall–Kier alpha value is -1.56. The zero-order valence-corrected chi connectivity index (χ0v) is 13.3. The lowest BCUT2D eigenvalue weighted by molar-refractivity contribution is -0.124. The van der Waals surface area contributed by atoms with Crippen molar-refractivity contribution in [2.75, 3.05) is 11.9 Å². The Kier molecular flexibility index (Phi) is 4.97. The maximum absolute atomic E-state index is 12.1. The maximum atomic E-state index is 12.1. The molecule has 22 heavy (non-hydrogen) atoms. The Balaban J connectivity index is 1.50. The molecule has 2 aliphatic rings. The van der Waals surface area contributed by atoms with Crippen LogP contribution in [0.4, 0.5) is 5.69 Å². The fourth-order valence-electron chi connectivity index (χ4n) is 3.01. The Bertz CT molecular complexity index is 558. The molecule has 0 spiro atoms. The van der Waals surface area contributed by atoms with Crippen LogP contribution in [-0.2, 0) is 9.59 Å². The van der Waals surface area contributed by atoms with Gasteiger partial charge in [0.15, 0.2) is 0 Å². The van der Waals surface area contributed by atoms with Gasteiger partial charge in [-0.05, 0) is 30.9 Å². The zero-order chi connectivity index (χ0) is 15.4. The summed E-state index contributed by atoms with van der Waals surface area (Å²) in [6.45, 7) is 0.743. The van der Waals surface area contributed by atoms with Gasteiger partial charge in [0.05, 0.1) is 10.9 Å². The molecule has 118 valence electrons. The minimum absolute atomic E-state index is 0.0439. The minimum atomic E-state index is -0.395. The number of amides is 2. The van der Waals surface area contributed by atoms with E-state index in [1.54, 1.807) is 12.3 Å². The molecule has 1 fully saturated rings. The molecular formula is C16H21N3O2S. The molecule has 2 amide bonds. The van der Waals surface area contributed by atoms with Crippen LogP contribution in [0.5, 0.6) is 0 Å². The molecule has 1 saturated carbocycles. The van der Waals surface area contributed by atoms with Crippen molar-refractivity contribution in [1.82, 2.24) is 10.3 Å². The summed E-state index contributed by atoms with van der Waals surface area (Å²) in [5, 5.41) is 6.20. The van der Waals surface area contributed by atoms with Crippen LogP contribution in [0.3, 0.4) is 0 Å². The highest BCUT2D eigenvalue weighted by atomic mass is 32.2. The zero-order valence-electron chi connectivity index (χ0n) is 12.5. The summed E-state index contributed by atoms with van der Waals surface area (Å²) in [6.07, 6.45) is 8.17. The number of pyridine rings is 1. The van der Waals surface area contributed by atoms with Crippen molar-refractivity contribution in [1.29, 1.82) is 0 Å². The van der Waals surface area contributed by atoms with Gasteiger partial charge in [0, 0.05) is 19.2 Å². The number of rotatable bonds is 4. The van der Waals surface area contributed by atoms with Crippen molar-refractivity contribution in [3.05, 3.63) is 18.3 Å². The second-order valence-corrected chi connectivity index (χ2v) is 7.16. The average molecular weight is 319 g/mol. The van der Waals surface area contributed by atoms with Crippen molar-refractivity contribution < 1.29 is 9.59 Å². The molecule has 5 nitrogen and oxygen atoms in total. The normalized spacial score (nSPS) is 21.8. The standard InChI is InChI=1S/C16H21N3O2S/c20-14(18-10-11-5-2-1-3-6-11)9-13-15(21)19-12-7-4-8-17-16(12)22-13/h4,7-8,11,13H,1-3,5-6,9-10H2,(H,18,20)(H,19,21). The highest BCUT2D eigenvalue weighted by Crippen LogP contribution is 2.34. The monoisotopic (exact) mass is 319 g/mol. The summed E-state index contributed by atoms with van der Waals surface area (Å²) < 4.78 is 0. The van der Waals surface area contributed by atoms with Gasteiger partial charge in [-0.1, -0.05) is 31.0 Å². The van der Waals surface area contributed by atoms with Crippen molar-refractivity contribution in [2.24, 2.45) is 5.92 Å². The van der Waals surface area contributed by atoms with Crippen molar-refractivity contribution in [3.63, 3.8) is 0 Å². The fraction of sp³-hybridized carbons (Fsp3) is 0.562. The SMILES string of the molecule is O=C(CC1Sc2ncccc2NC1=O)NCC1CCCCC1. The largest absolute Gasteiger partial charge is 0.356 e. The molecule has 0 bridgehead atoms. The molecule has 1 aliphatic heterocycles. The van der Waals surface area contributed by atoms with Crippen LogP contribution in [0, 0.1) is 5.92 Å². The quantitative estimate of drug-likeness (QED) is 0.895. The third-order valence-corrected chi connectivity index (χ3v) is 5.47. The molecule has 1 aromatic heterocycles. The summed E-state index contributed by atoms with van der Waals surface area (Å²) in [4.78, 5) is 28.4. The van der Waals surface area contributed by atoms with E-state index in [2.05, 4.69) is 15.6 Å². The lowest BCUT2D eigenvalue weighted by Gasteiger charge is -2.24. The molecule has 3 rings (SSSR count). The summed E-state index contributed by atoms with van der Waals surface area (Å²) in [7, 11) is 0. The first kappa shape index (κ1) is 15.3. The molecule has 0 saturated heterocycles. The third kappa shape index (κ3) is 3.80. The smallest absolute Gasteiger partial charge is 0.238 e. The van der Waals surface area contributed by atoms with E-state index in [9.17, 15) is 9.59 Å². The molecule has 0 aromatic carbocycles. The van der Waals surface area contributed by atoms with E-state index in [-0.39, 0.29) is 18.2 Å². The van der Waals surface area contributed by atoms with Crippen molar-refractivity contribution in [3.8, 4) is 0 Å². The molecule has 1 aromatic rings. The highest BCUT2D eigenvalue weighted by Gasteiger charge is 2.29. The van der Waals surface area contributed by atoms with Gasteiger partial charge in [-0.3, -0.25) is 9.59 Å². The van der Waals surface area contributed by atoms with Crippen LogP contribution >= 0.6 is 11.8 Å². The van der Waals surface area contributed by atoms with E-state index in [4.69, 9.17) is 0 Å².